The van der Waals surface area contributed by atoms with Crippen molar-refractivity contribution in [3.8, 4) is 0 Å². The number of aliphatic hydroxyl groups excluding tert-OH is 1. The van der Waals surface area contributed by atoms with E-state index in [0.717, 1.165) is 23.7 Å². The lowest BCUT2D eigenvalue weighted by molar-refractivity contribution is 0.127. The van der Waals surface area contributed by atoms with Gasteiger partial charge in [-0.15, -0.1) is 0 Å². The van der Waals surface area contributed by atoms with Gasteiger partial charge in [-0.05, 0) is 32.4 Å². The Morgan fingerprint density at radius 3 is 2.60 bits per heavy atom. The van der Waals surface area contributed by atoms with Crippen molar-refractivity contribution in [1.82, 2.24) is 0 Å². The predicted molar refractivity (Wildman–Crippen MR) is 63.5 cm³/mol. The lowest BCUT2D eigenvalue weighted by atomic mass is 9.98. The molecule has 3 heteroatoms. The molecule has 0 radical (unpaired) electrons. The molecule has 15 heavy (non-hydrogen) atoms. The molecule has 1 heterocycles. The van der Waals surface area contributed by atoms with Crippen molar-refractivity contribution in [2.24, 2.45) is 0 Å². The van der Waals surface area contributed by atoms with E-state index < -0.39 is 0 Å². The number of aliphatic hydroxyl groups is 1. The second kappa shape index (κ2) is 3.69. The van der Waals surface area contributed by atoms with E-state index in [1.807, 2.05) is 38.1 Å². The second-order valence-corrected chi connectivity index (χ2v) is 4.97. The van der Waals surface area contributed by atoms with Crippen LogP contribution in [0.5, 0.6) is 0 Å². The highest BCUT2D eigenvalue weighted by atomic mass is 35.5. The maximum atomic E-state index is 9.89. The third-order valence-electron chi connectivity index (χ3n) is 3.28. The van der Waals surface area contributed by atoms with Crippen molar-refractivity contribution in [3.05, 3.63) is 29.3 Å². The smallest absolute Gasteiger partial charge is 0.0783 e. The Labute approximate surface area is 95.5 Å². The van der Waals surface area contributed by atoms with Gasteiger partial charge in [-0.25, -0.2) is 0 Å². The number of hydrogen-bond donors (Lipinski definition) is 1. The Hall–Kier alpha value is -0.730. The van der Waals surface area contributed by atoms with E-state index in [4.69, 9.17) is 11.6 Å². The van der Waals surface area contributed by atoms with Crippen molar-refractivity contribution in [2.45, 2.75) is 31.9 Å². The summed E-state index contributed by atoms with van der Waals surface area (Å²) in [5.41, 5.74) is 0.783. The van der Waals surface area contributed by atoms with Crippen molar-refractivity contribution >= 4 is 17.3 Å². The SMILES string of the molecule is CC1(C)C(O)CCN1c1ccccc1Cl. The lowest BCUT2D eigenvalue weighted by Gasteiger charge is -2.36. The number of halogens is 1. The number of anilines is 1. The van der Waals surface area contributed by atoms with Crippen LogP contribution in [-0.2, 0) is 0 Å². The first-order valence-corrected chi connectivity index (χ1v) is 5.61. The fourth-order valence-electron chi connectivity index (χ4n) is 2.17. The maximum absolute atomic E-state index is 9.89. The molecule has 2 nitrogen and oxygen atoms in total. The molecule has 1 atom stereocenters. The number of benzene rings is 1. The largest absolute Gasteiger partial charge is 0.391 e. The van der Waals surface area contributed by atoms with Crippen LogP contribution in [0.2, 0.25) is 5.02 Å². The highest BCUT2D eigenvalue weighted by molar-refractivity contribution is 6.33. The molecule has 2 rings (SSSR count). The molecule has 0 amide bonds. The van der Waals surface area contributed by atoms with E-state index in [-0.39, 0.29) is 11.6 Å². The van der Waals surface area contributed by atoms with Crippen LogP contribution < -0.4 is 4.90 Å². The number of para-hydroxylation sites is 1. The molecular weight excluding hydrogens is 210 g/mol. The summed E-state index contributed by atoms with van der Waals surface area (Å²) in [7, 11) is 0. The number of rotatable bonds is 1. The van der Waals surface area contributed by atoms with Crippen molar-refractivity contribution < 1.29 is 5.11 Å². The van der Waals surface area contributed by atoms with Gasteiger partial charge in [0.2, 0.25) is 0 Å². The molecule has 1 aromatic rings. The second-order valence-electron chi connectivity index (χ2n) is 4.56. The van der Waals surface area contributed by atoms with E-state index in [1.54, 1.807) is 0 Å². The van der Waals surface area contributed by atoms with Crippen LogP contribution >= 0.6 is 11.6 Å². The minimum absolute atomic E-state index is 0.231. The summed E-state index contributed by atoms with van der Waals surface area (Å²) in [5.74, 6) is 0. The lowest BCUT2D eigenvalue weighted by Crippen LogP contribution is -2.45. The molecule has 82 valence electrons. The van der Waals surface area contributed by atoms with Gasteiger partial charge < -0.3 is 10.0 Å². The first-order chi connectivity index (χ1) is 7.03. The van der Waals surface area contributed by atoms with E-state index in [0.29, 0.717) is 0 Å². The molecule has 0 aromatic heterocycles. The minimum atomic E-state index is -0.284. The van der Waals surface area contributed by atoms with Gasteiger partial charge >= 0.3 is 0 Å². The standard InChI is InChI=1S/C12H16ClNO/c1-12(2)11(15)7-8-14(12)10-6-4-3-5-9(10)13/h3-6,11,15H,7-8H2,1-2H3. The Bertz CT molecular complexity index is 364. The van der Waals surface area contributed by atoms with Crippen LogP contribution in [0.4, 0.5) is 5.69 Å². The monoisotopic (exact) mass is 225 g/mol. The van der Waals surface area contributed by atoms with E-state index in [2.05, 4.69) is 4.90 Å². The van der Waals surface area contributed by atoms with Gasteiger partial charge in [0.05, 0.1) is 22.4 Å². The summed E-state index contributed by atoms with van der Waals surface area (Å²) in [6.45, 7) is 4.96. The minimum Gasteiger partial charge on any atom is -0.391 e. The predicted octanol–water partition coefficient (Wildman–Crippen LogP) is 2.69. The summed E-state index contributed by atoms with van der Waals surface area (Å²) in [6, 6.07) is 7.78. The molecule has 0 spiro atoms. The van der Waals surface area contributed by atoms with Crippen LogP contribution in [0.1, 0.15) is 20.3 Å². The van der Waals surface area contributed by atoms with E-state index in [1.165, 1.54) is 0 Å². The average molecular weight is 226 g/mol. The molecule has 1 N–H and O–H groups in total. The fraction of sp³-hybridized carbons (Fsp3) is 0.500. The molecule has 1 aliphatic heterocycles. The first kappa shape index (κ1) is 10.8. The Morgan fingerprint density at radius 2 is 2.07 bits per heavy atom. The zero-order valence-electron chi connectivity index (χ0n) is 9.07. The van der Waals surface area contributed by atoms with Crippen LogP contribution in [0.3, 0.4) is 0 Å². The molecular formula is C12H16ClNO. The number of hydrogen-bond acceptors (Lipinski definition) is 2. The van der Waals surface area contributed by atoms with Gasteiger partial charge in [-0.3, -0.25) is 0 Å². The molecule has 1 unspecified atom stereocenters. The average Bonchev–Trinajstić information content (AvgIpc) is 2.44. The molecule has 1 fully saturated rings. The Morgan fingerprint density at radius 1 is 1.40 bits per heavy atom. The molecule has 1 saturated heterocycles. The highest BCUT2D eigenvalue weighted by Crippen LogP contribution is 2.37. The summed E-state index contributed by atoms with van der Waals surface area (Å²) < 4.78 is 0. The van der Waals surface area contributed by atoms with Crippen LogP contribution in [0.25, 0.3) is 0 Å². The van der Waals surface area contributed by atoms with Gasteiger partial charge in [0.1, 0.15) is 0 Å². The van der Waals surface area contributed by atoms with Gasteiger partial charge in [-0.2, -0.15) is 0 Å². The van der Waals surface area contributed by atoms with Crippen molar-refractivity contribution in [3.63, 3.8) is 0 Å². The van der Waals surface area contributed by atoms with Gasteiger partial charge in [-0.1, -0.05) is 23.7 Å². The van der Waals surface area contributed by atoms with E-state index in [9.17, 15) is 5.11 Å². The Balaban J connectivity index is 2.37. The third kappa shape index (κ3) is 1.72. The zero-order chi connectivity index (χ0) is 11.1. The molecule has 0 bridgehead atoms. The van der Waals surface area contributed by atoms with E-state index >= 15 is 0 Å². The zero-order valence-corrected chi connectivity index (χ0v) is 9.83. The van der Waals surface area contributed by atoms with Crippen LogP contribution in [0.15, 0.2) is 24.3 Å². The summed E-state index contributed by atoms with van der Waals surface area (Å²) in [4.78, 5) is 2.18. The quantitative estimate of drug-likeness (QED) is 0.795. The highest BCUT2D eigenvalue weighted by Gasteiger charge is 2.40. The molecule has 1 aliphatic rings. The van der Waals surface area contributed by atoms with Crippen LogP contribution in [-0.4, -0.2) is 23.3 Å². The van der Waals surface area contributed by atoms with Gasteiger partial charge in [0, 0.05) is 6.54 Å². The molecule has 1 aromatic carbocycles. The number of nitrogens with zero attached hydrogens (tertiary/aromatic N) is 1. The summed E-state index contributed by atoms with van der Waals surface area (Å²) in [6.07, 6.45) is 0.520. The van der Waals surface area contributed by atoms with Crippen molar-refractivity contribution in [2.75, 3.05) is 11.4 Å². The summed E-state index contributed by atoms with van der Waals surface area (Å²) in [5, 5.41) is 10.6. The maximum Gasteiger partial charge on any atom is 0.0783 e. The molecule has 0 saturated carbocycles. The summed E-state index contributed by atoms with van der Waals surface area (Å²) >= 11 is 6.16. The normalized spacial score (nSPS) is 24.5. The van der Waals surface area contributed by atoms with Gasteiger partial charge in [0.25, 0.3) is 0 Å². The topological polar surface area (TPSA) is 23.5 Å². The van der Waals surface area contributed by atoms with Crippen molar-refractivity contribution in [1.29, 1.82) is 0 Å². The van der Waals surface area contributed by atoms with Crippen LogP contribution in [0, 0.1) is 0 Å². The third-order valence-corrected chi connectivity index (χ3v) is 3.60. The van der Waals surface area contributed by atoms with Gasteiger partial charge in [0.15, 0.2) is 0 Å². The fourth-order valence-corrected chi connectivity index (χ4v) is 2.41. The Kier molecular flexibility index (Phi) is 2.65. The first-order valence-electron chi connectivity index (χ1n) is 5.23. The molecule has 0 aliphatic carbocycles.